The summed E-state index contributed by atoms with van der Waals surface area (Å²) in [5.41, 5.74) is 3.03. The maximum atomic E-state index is 13.7. The van der Waals surface area contributed by atoms with Crippen LogP contribution in [0.2, 0.25) is 6.82 Å². The number of alkyl halides is 3. The van der Waals surface area contributed by atoms with Gasteiger partial charge in [0.05, 0.1) is 6.04 Å². The molecule has 2 fully saturated rings. The van der Waals surface area contributed by atoms with Crippen molar-refractivity contribution in [2.24, 2.45) is 11.3 Å². The third-order valence-electron chi connectivity index (χ3n) is 8.90. The number of hydrogen-bond donors (Lipinski definition) is 1. The summed E-state index contributed by atoms with van der Waals surface area (Å²) in [5, 5.41) is 9.89. The third-order valence-corrected chi connectivity index (χ3v) is 8.90. The molecule has 2 aliphatic heterocycles. The smallest absolute Gasteiger partial charge is 0.437 e. The highest BCUT2D eigenvalue weighted by Gasteiger charge is 2.41. The molecule has 2 heterocycles. The first-order valence-electron chi connectivity index (χ1n) is 15.2. The Labute approximate surface area is 249 Å². The van der Waals surface area contributed by atoms with E-state index in [9.17, 15) is 23.0 Å². The molecule has 0 saturated carbocycles. The maximum absolute atomic E-state index is 13.7. The molecule has 0 bridgehead atoms. The highest BCUT2D eigenvalue weighted by atomic mass is 19.4. The zero-order chi connectivity index (χ0) is 30.7. The first kappa shape index (κ1) is 32.4. The Balaban J connectivity index is 1.58. The zero-order valence-electron chi connectivity index (χ0n) is 25.5. The van der Waals surface area contributed by atoms with E-state index in [1.54, 1.807) is 19.0 Å². The molecule has 1 N–H and O–H groups in total. The quantitative estimate of drug-likeness (QED) is 0.384. The van der Waals surface area contributed by atoms with Gasteiger partial charge in [-0.05, 0) is 79.3 Å². The number of halogens is 3. The van der Waals surface area contributed by atoms with Gasteiger partial charge in [-0.15, -0.1) is 13.2 Å². The molecule has 2 aromatic carbocycles. The molecule has 2 saturated heterocycles. The summed E-state index contributed by atoms with van der Waals surface area (Å²) in [4.78, 5) is 20.2. The van der Waals surface area contributed by atoms with Crippen molar-refractivity contribution in [1.82, 2.24) is 14.6 Å². The fourth-order valence-corrected chi connectivity index (χ4v) is 6.54. The van der Waals surface area contributed by atoms with Crippen LogP contribution in [-0.4, -0.2) is 77.7 Å². The molecule has 10 heteroatoms. The summed E-state index contributed by atoms with van der Waals surface area (Å²) < 4.78 is 42.6. The van der Waals surface area contributed by atoms with Crippen molar-refractivity contribution in [1.29, 1.82) is 0 Å². The van der Waals surface area contributed by atoms with Gasteiger partial charge in [0.25, 0.3) is 0 Å². The van der Waals surface area contributed by atoms with Crippen molar-refractivity contribution in [2.45, 2.75) is 78.6 Å². The summed E-state index contributed by atoms with van der Waals surface area (Å²) in [7, 11) is -0.459. The lowest BCUT2D eigenvalue weighted by atomic mass is 9.79. The lowest BCUT2D eigenvalue weighted by molar-refractivity contribution is -0.274. The molecule has 42 heavy (non-hydrogen) atoms. The van der Waals surface area contributed by atoms with E-state index in [0.717, 1.165) is 43.5 Å². The maximum Gasteiger partial charge on any atom is 0.573 e. The number of amides is 1. The van der Waals surface area contributed by atoms with Crippen LogP contribution in [0, 0.1) is 11.3 Å². The molecular weight excluding hydrogens is 542 g/mol. The minimum Gasteiger partial charge on any atom is -0.437 e. The number of ether oxygens (including phenoxy) is 1. The summed E-state index contributed by atoms with van der Waals surface area (Å²) >= 11 is 0. The van der Waals surface area contributed by atoms with Crippen LogP contribution in [0.5, 0.6) is 5.75 Å². The predicted molar refractivity (Wildman–Crippen MR) is 160 cm³/mol. The number of aryl methyl sites for hydroxylation is 1. The SMILES string of the molecule is CCc1ccccc1C(c1ccc(OC(F)(F)F)cc1)N1CCN(C(=O)CC2CCN(B(C)O)CC2)[C@@H](C(C)(C)C)C1. The summed E-state index contributed by atoms with van der Waals surface area (Å²) in [5.74, 6) is 0.257. The van der Waals surface area contributed by atoms with Gasteiger partial charge in [0.15, 0.2) is 0 Å². The van der Waals surface area contributed by atoms with Crippen LogP contribution >= 0.6 is 0 Å². The monoisotopic (exact) mass is 587 g/mol. The molecule has 4 rings (SSSR count). The number of piperazine rings is 1. The zero-order valence-corrected chi connectivity index (χ0v) is 25.5. The van der Waals surface area contributed by atoms with Crippen LogP contribution < -0.4 is 4.74 Å². The lowest BCUT2D eigenvalue weighted by Crippen LogP contribution is -2.60. The largest absolute Gasteiger partial charge is 0.573 e. The Bertz CT molecular complexity index is 1180. The van der Waals surface area contributed by atoms with Crippen LogP contribution in [0.1, 0.15) is 69.7 Å². The number of hydrogen-bond acceptors (Lipinski definition) is 5. The van der Waals surface area contributed by atoms with E-state index in [4.69, 9.17) is 0 Å². The molecule has 1 unspecified atom stereocenters. The highest BCUT2D eigenvalue weighted by molar-refractivity contribution is 6.45. The van der Waals surface area contributed by atoms with Gasteiger partial charge in [-0.1, -0.05) is 64.1 Å². The average Bonchev–Trinajstić information content (AvgIpc) is 2.93. The second-order valence-electron chi connectivity index (χ2n) is 12.9. The highest BCUT2D eigenvalue weighted by Crippen LogP contribution is 2.38. The molecule has 0 radical (unpaired) electrons. The minimum absolute atomic E-state index is 0.0274. The van der Waals surface area contributed by atoms with Gasteiger partial charge in [-0.3, -0.25) is 9.69 Å². The Morgan fingerprint density at radius 1 is 1.02 bits per heavy atom. The number of nitrogens with zero attached hydrogens (tertiary/aromatic N) is 3. The van der Waals surface area contributed by atoms with Crippen molar-refractivity contribution in [3.8, 4) is 5.75 Å². The van der Waals surface area contributed by atoms with E-state index in [1.807, 2.05) is 16.9 Å². The first-order chi connectivity index (χ1) is 19.8. The van der Waals surface area contributed by atoms with Gasteiger partial charge >= 0.3 is 13.4 Å². The topological polar surface area (TPSA) is 56.2 Å². The predicted octanol–water partition coefficient (Wildman–Crippen LogP) is 6.01. The van der Waals surface area contributed by atoms with Crippen molar-refractivity contribution in [3.63, 3.8) is 0 Å². The third kappa shape index (κ3) is 8.08. The van der Waals surface area contributed by atoms with Crippen LogP contribution in [0.15, 0.2) is 48.5 Å². The van der Waals surface area contributed by atoms with E-state index in [-0.39, 0.29) is 29.2 Å². The molecule has 6 nitrogen and oxygen atoms in total. The standard InChI is InChI=1S/C32H45BF3N3O3/c1-6-24-9-7-8-10-27(24)30(25-11-13-26(14-12-25)42-32(34,35)36)37-19-20-39(28(22-37)31(2,3)4)29(40)21-23-15-17-38(18-16-23)33(5)41/h7-14,23,28,30,41H,6,15-22H2,1-5H3/t28-,30?/m1/s1. The molecule has 2 aromatic rings. The van der Waals surface area contributed by atoms with Gasteiger partial charge < -0.3 is 19.5 Å². The van der Waals surface area contributed by atoms with Crippen LogP contribution in [0.3, 0.4) is 0 Å². The van der Waals surface area contributed by atoms with E-state index in [1.165, 1.54) is 17.7 Å². The number of benzene rings is 2. The Morgan fingerprint density at radius 3 is 2.24 bits per heavy atom. The number of carbonyl (C=O) groups excluding carboxylic acids is 1. The van der Waals surface area contributed by atoms with Gasteiger partial charge in [-0.25, -0.2) is 0 Å². The van der Waals surface area contributed by atoms with Crippen LogP contribution in [-0.2, 0) is 11.2 Å². The average molecular weight is 588 g/mol. The van der Waals surface area contributed by atoms with Crippen molar-refractivity contribution in [2.75, 3.05) is 32.7 Å². The Kier molecular flexibility index (Phi) is 10.3. The van der Waals surface area contributed by atoms with Gasteiger partial charge in [0.2, 0.25) is 5.91 Å². The van der Waals surface area contributed by atoms with Crippen molar-refractivity contribution >= 4 is 13.0 Å². The Morgan fingerprint density at radius 2 is 1.67 bits per heavy atom. The van der Waals surface area contributed by atoms with Gasteiger partial charge in [-0.2, -0.15) is 0 Å². The van der Waals surface area contributed by atoms with Crippen LogP contribution in [0.4, 0.5) is 13.2 Å². The molecule has 0 aromatic heterocycles. The molecule has 2 atom stereocenters. The van der Waals surface area contributed by atoms with E-state index < -0.39 is 13.4 Å². The van der Waals surface area contributed by atoms with E-state index in [2.05, 4.69) is 54.4 Å². The Hall–Kier alpha value is -2.56. The van der Waals surface area contributed by atoms with Gasteiger partial charge in [0.1, 0.15) is 5.75 Å². The summed E-state index contributed by atoms with van der Waals surface area (Å²) in [6.45, 7) is 13.9. The number of carbonyl (C=O) groups is 1. The fourth-order valence-electron chi connectivity index (χ4n) is 6.54. The van der Waals surface area contributed by atoms with Crippen molar-refractivity contribution < 1.29 is 27.7 Å². The molecule has 0 aliphatic carbocycles. The van der Waals surface area contributed by atoms with Crippen molar-refractivity contribution in [3.05, 3.63) is 65.2 Å². The normalized spacial score (nSPS) is 20.4. The molecule has 2 aliphatic rings. The fraction of sp³-hybridized carbons (Fsp3) is 0.594. The molecular formula is C32H45BF3N3O3. The number of rotatable bonds is 8. The van der Waals surface area contributed by atoms with E-state index >= 15 is 0 Å². The second kappa shape index (κ2) is 13.4. The summed E-state index contributed by atoms with van der Waals surface area (Å²) in [6.07, 6.45) is -1.59. The minimum atomic E-state index is -4.74. The molecule has 230 valence electrons. The summed E-state index contributed by atoms with van der Waals surface area (Å²) in [6, 6.07) is 14.2. The van der Waals surface area contributed by atoms with E-state index in [0.29, 0.717) is 32.0 Å². The van der Waals surface area contributed by atoms with Gasteiger partial charge in [0, 0.05) is 32.1 Å². The molecule has 0 spiro atoms. The lowest BCUT2D eigenvalue weighted by Gasteiger charge is -2.50. The number of piperidine rings is 1. The molecule has 1 amide bonds. The first-order valence-corrected chi connectivity index (χ1v) is 15.2. The second-order valence-corrected chi connectivity index (χ2v) is 12.9. The van der Waals surface area contributed by atoms with Crippen LogP contribution in [0.25, 0.3) is 0 Å².